The van der Waals surface area contributed by atoms with E-state index in [0.29, 0.717) is 44.3 Å². The molecule has 1 amide bonds. The van der Waals surface area contributed by atoms with Gasteiger partial charge in [-0.25, -0.2) is 0 Å². The lowest BCUT2D eigenvalue weighted by atomic mass is 9.62. The maximum atomic E-state index is 13.3. The standard InChI is InChI=1S/C24H32N2O6.H3N/c1-16(20(28)29)4-3-8-22(2)18-7-10-23(21(30)32-22)9-5-17(6-11-24(18,23)31)19(27)26-14-12-25-13-15-26;/h3-5,8,18,25,31H,6-7,9-15H2,1-2H3,(H,28,29);1H3/b8-3+,16-4+;/t18-,22+,23+,24-;/m0./s1. The summed E-state index contributed by atoms with van der Waals surface area (Å²) < 4.78 is 5.89. The third kappa shape index (κ3) is 4.02. The van der Waals surface area contributed by atoms with Crippen LogP contribution in [0.25, 0.3) is 0 Å². The van der Waals surface area contributed by atoms with Gasteiger partial charge in [0, 0.05) is 37.7 Å². The van der Waals surface area contributed by atoms with E-state index in [2.05, 4.69) is 5.32 Å². The fourth-order valence-corrected chi connectivity index (χ4v) is 5.95. The highest BCUT2D eigenvalue weighted by Crippen LogP contribution is 2.63. The van der Waals surface area contributed by atoms with Crippen LogP contribution >= 0.6 is 0 Å². The van der Waals surface area contributed by atoms with Crippen LogP contribution in [0.15, 0.2) is 35.5 Å². The number of aliphatic carboxylic acids is 1. The second kappa shape index (κ2) is 9.04. The monoisotopic (exact) mass is 461 g/mol. The molecule has 0 aromatic carbocycles. The minimum atomic E-state index is -1.30. The number of ether oxygens (including phenoxy) is 1. The maximum absolute atomic E-state index is 13.3. The van der Waals surface area contributed by atoms with Crippen molar-refractivity contribution in [1.29, 1.82) is 0 Å². The van der Waals surface area contributed by atoms with E-state index in [1.165, 1.54) is 13.0 Å². The number of amides is 1. The van der Waals surface area contributed by atoms with Crippen LogP contribution in [-0.4, -0.2) is 65.2 Å². The van der Waals surface area contributed by atoms with Crippen molar-refractivity contribution in [2.45, 2.75) is 57.2 Å². The smallest absolute Gasteiger partial charge is 0.316 e. The number of allylic oxidation sites excluding steroid dienone is 3. The van der Waals surface area contributed by atoms with Gasteiger partial charge in [0.25, 0.3) is 0 Å². The molecule has 0 radical (unpaired) electrons. The number of esters is 1. The minimum Gasteiger partial charge on any atom is -0.545 e. The summed E-state index contributed by atoms with van der Waals surface area (Å²) in [6.07, 6.45) is 8.56. The number of carboxylic acid groups (broad SMARTS) is 1. The molecule has 1 saturated carbocycles. The summed E-state index contributed by atoms with van der Waals surface area (Å²) in [6, 6.07) is 0. The lowest BCUT2D eigenvalue weighted by Crippen LogP contribution is -2.63. The van der Waals surface area contributed by atoms with Gasteiger partial charge in [0.1, 0.15) is 11.0 Å². The Balaban J connectivity index is 0.00000306. The Hall–Kier alpha value is -2.49. The Kier molecular flexibility index (Phi) is 6.89. The van der Waals surface area contributed by atoms with E-state index in [9.17, 15) is 24.6 Å². The average molecular weight is 462 g/mol. The third-order valence-corrected chi connectivity index (χ3v) is 7.91. The SMILES string of the molecule is C/C(=C\C=C\[C@@]1(C)OC(=O)[C@]23CC=C(C(=O)N4CCNCC4)CC[C@]2(O)[C@H]1CC3)C(=O)[O-].[NH4+]. The van der Waals surface area contributed by atoms with Crippen molar-refractivity contribution in [3.05, 3.63) is 35.5 Å². The molecule has 0 unspecified atom stereocenters. The van der Waals surface area contributed by atoms with Gasteiger partial charge in [0.2, 0.25) is 5.91 Å². The zero-order valence-electron chi connectivity index (χ0n) is 19.7. The molecule has 9 nitrogen and oxygen atoms in total. The first-order valence-corrected chi connectivity index (χ1v) is 11.4. The fourth-order valence-electron chi connectivity index (χ4n) is 5.95. The molecule has 4 aliphatic rings. The Morgan fingerprint density at radius 2 is 2.00 bits per heavy atom. The number of quaternary nitrogens is 1. The highest BCUT2D eigenvalue weighted by atomic mass is 16.6. The summed E-state index contributed by atoms with van der Waals surface area (Å²) in [6.45, 7) is 6.01. The van der Waals surface area contributed by atoms with E-state index in [-0.39, 0.29) is 30.0 Å². The van der Waals surface area contributed by atoms with Crippen LogP contribution in [0.4, 0.5) is 0 Å². The van der Waals surface area contributed by atoms with E-state index in [1.807, 2.05) is 11.0 Å². The zero-order chi connectivity index (χ0) is 23.1. The number of aliphatic hydroxyl groups is 1. The van der Waals surface area contributed by atoms with Gasteiger partial charge in [-0.2, -0.15) is 0 Å². The molecule has 2 bridgehead atoms. The van der Waals surface area contributed by atoms with Crippen molar-refractivity contribution in [3.63, 3.8) is 0 Å². The molecule has 3 fully saturated rings. The number of nitrogens with one attached hydrogen (secondary N) is 1. The Bertz CT molecular complexity index is 921. The number of carbonyl (C=O) groups is 3. The quantitative estimate of drug-likeness (QED) is 0.314. The molecule has 2 aliphatic heterocycles. The minimum absolute atomic E-state index is 0. The van der Waals surface area contributed by atoms with Crippen molar-refractivity contribution in [1.82, 2.24) is 16.4 Å². The van der Waals surface area contributed by atoms with E-state index in [4.69, 9.17) is 4.74 Å². The van der Waals surface area contributed by atoms with Gasteiger partial charge in [0.05, 0.1) is 11.6 Å². The summed E-state index contributed by atoms with van der Waals surface area (Å²) >= 11 is 0. The summed E-state index contributed by atoms with van der Waals surface area (Å²) in [4.78, 5) is 39.1. The summed E-state index contributed by atoms with van der Waals surface area (Å²) in [5.74, 6) is -2.08. The molecule has 182 valence electrons. The van der Waals surface area contributed by atoms with Gasteiger partial charge in [-0.15, -0.1) is 0 Å². The number of carboxylic acids is 1. The molecule has 33 heavy (non-hydrogen) atoms. The lowest BCUT2D eigenvalue weighted by molar-refractivity contribution is -0.299. The van der Waals surface area contributed by atoms with Gasteiger partial charge < -0.3 is 36.1 Å². The Morgan fingerprint density at radius 3 is 2.67 bits per heavy atom. The van der Waals surface area contributed by atoms with Gasteiger partial charge >= 0.3 is 5.97 Å². The lowest BCUT2D eigenvalue weighted by Gasteiger charge is -2.52. The molecule has 4 rings (SSSR count). The molecular weight excluding hydrogens is 426 g/mol. The second-order valence-corrected chi connectivity index (χ2v) is 9.64. The number of rotatable bonds is 4. The van der Waals surface area contributed by atoms with Crippen LogP contribution < -0.4 is 16.6 Å². The van der Waals surface area contributed by atoms with E-state index < -0.39 is 28.6 Å². The van der Waals surface area contributed by atoms with Gasteiger partial charge in [-0.1, -0.05) is 18.2 Å². The largest absolute Gasteiger partial charge is 0.545 e. The Labute approximate surface area is 194 Å². The normalized spacial score (nSPS) is 36.4. The number of carbonyl (C=O) groups excluding carboxylic acids is 3. The fraction of sp³-hybridized carbons (Fsp3) is 0.625. The number of nitrogens with zero attached hydrogens (tertiary/aromatic N) is 1. The van der Waals surface area contributed by atoms with Gasteiger partial charge in [-0.3, -0.25) is 9.59 Å². The number of cyclic esters (lactones) is 1. The molecule has 2 aliphatic carbocycles. The van der Waals surface area contributed by atoms with Crippen molar-refractivity contribution in [3.8, 4) is 0 Å². The van der Waals surface area contributed by atoms with Gasteiger partial charge in [-0.05, 0) is 57.6 Å². The predicted molar refractivity (Wildman–Crippen MR) is 120 cm³/mol. The number of piperazine rings is 1. The maximum Gasteiger partial charge on any atom is 0.316 e. The highest BCUT2D eigenvalue weighted by molar-refractivity contribution is 5.94. The van der Waals surface area contributed by atoms with Crippen LogP contribution in [0.5, 0.6) is 0 Å². The van der Waals surface area contributed by atoms with E-state index in [0.717, 1.165) is 13.1 Å². The first-order chi connectivity index (χ1) is 15.1. The average Bonchev–Trinajstić information content (AvgIpc) is 2.89. The van der Waals surface area contributed by atoms with Gasteiger partial charge in [0.15, 0.2) is 0 Å². The molecule has 6 N–H and O–H groups in total. The molecular formula is C24H35N3O6. The Morgan fingerprint density at radius 1 is 1.30 bits per heavy atom. The van der Waals surface area contributed by atoms with Crippen LogP contribution in [0.3, 0.4) is 0 Å². The first kappa shape index (κ1) is 25.1. The molecule has 0 spiro atoms. The molecule has 2 saturated heterocycles. The molecule has 0 aromatic rings. The molecule has 9 heteroatoms. The third-order valence-electron chi connectivity index (χ3n) is 7.91. The predicted octanol–water partition coefficient (Wildman–Crippen LogP) is 0.600. The molecule has 0 aromatic heterocycles. The van der Waals surface area contributed by atoms with Crippen molar-refractivity contribution in [2.75, 3.05) is 26.2 Å². The summed E-state index contributed by atoms with van der Waals surface area (Å²) in [7, 11) is 0. The number of hydrogen-bond acceptors (Lipinski definition) is 7. The van der Waals surface area contributed by atoms with E-state index in [1.54, 1.807) is 19.1 Å². The molecule has 4 atom stereocenters. The van der Waals surface area contributed by atoms with E-state index >= 15 is 0 Å². The molecule has 2 heterocycles. The van der Waals surface area contributed by atoms with Crippen molar-refractivity contribution in [2.24, 2.45) is 11.3 Å². The topological polar surface area (TPSA) is 156 Å². The second-order valence-electron chi connectivity index (χ2n) is 9.64. The van der Waals surface area contributed by atoms with Crippen LogP contribution in [0.1, 0.15) is 46.0 Å². The van der Waals surface area contributed by atoms with Crippen LogP contribution in [0.2, 0.25) is 0 Å². The zero-order valence-corrected chi connectivity index (χ0v) is 19.7. The first-order valence-electron chi connectivity index (χ1n) is 11.4. The highest BCUT2D eigenvalue weighted by Gasteiger charge is 2.71. The summed E-state index contributed by atoms with van der Waals surface area (Å²) in [5.41, 5.74) is -2.70. The van der Waals surface area contributed by atoms with Crippen molar-refractivity contribution >= 4 is 17.8 Å². The number of hydrogen-bond donors (Lipinski definition) is 3. The summed E-state index contributed by atoms with van der Waals surface area (Å²) in [5, 5.41) is 26.1. The van der Waals surface area contributed by atoms with Crippen LogP contribution in [0, 0.1) is 11.3 Å². The van der Waals surface area contributed by atoms with Crippen molar-refractivity contribution < 1.29 is 29.3 Å². The van der Waals surface area contributed by atoms with Crippen LogP contribution in [-0.2, 0) is 19.1 Å².